The molecule has 1 aromatic heterocycles. The van der Waals surface area contributed by atoms with Crippen LogP contribution in [0.15, 0.2) is 21.6 Å². The van der Waals surface area contributed by atoms with Crippen molar-refractivity contribution in [2.24, 2.45) is 5.41 Å². The number of thioether (sulfide) groups is 1. The summed E-state index contributed by atoms with van der Waals surface area (Å²) >= 11 is 1.72. The maximum absolute atomic E-state index is 10.9. The first-order chi connectivity index (χ1) is 7.43. The van der Waals surface area contributed by atoms with E-state index in [4.69, 9.17) is 9.52 Å². The molecule has 0 amide bonds. The zero-order chi connectivity index (χ0) is 12.2. The molecule has 0 unspecified atom stereocenters. The molecule has 1 N–H and O–H groups in total. The van der Waals surface area contributed by atoms with Gasteiger partial charge in [0.15, 0.2) is 0 Å². The van der Waals surface area contributed by atoms with Crippen molar-refractivity contribution >= 4 is 17.7 Å². The minimum atomic E-state index is -0.725. The molecule has 0 aliphatic rings. The van der Waals surface area contributed by atoms with Crippen molar-refractivity contribution in [2.45, 2.75) is 38.5 Å². The van der Waals surface area contributed by atoms with E-state index >= 15 is 0 Å². The monoisotopic (exact) mass is 242 g/mol. The van der Waals surface area contributed by atoms with Crippen LogP contribution in [0.4, 0.5) is 0 Å². The van der Waals surface area contributed by atoms with Crippen LogP contribution in [0.1, 0.15) is 32.4 Å². The fourth-order valence-electron chi connectivity index (χ4n) is 1.33. The van der Waals surface area contributed by atoms with Crippen LogP contribution < -0.4 is 0 Å². The van der Waals surface area contributed by atoms with Gasteiger partial charge in [-0.3, -0.25) is 4.79 Å². The van der Waals surface area contributed by atoms with E-state index in [1.807, 2.05) is 13.0 Å². The first-order valence-electron chi connectivity index (χ1n) is 5.34. The Morgan fingerprint density at radius 3 is 2.75 bits per heavy atom. The summed E-state index contributed by atoms with van der Waals surface area (Å²) in [4.78, 5) is 12.0. The van der Waals surface area contributed by atoms with Crippen LogP contribution in [0.2, 0.25) is 0 Å². The van der Waals surface area contributed by atoms with Crippen molar-refractivity contribution in [3.63, 3.8) is 0 Å². The van der Waals surface area contributed by atoms with Gasteiger partial charge in [-0.05, 0) is 45.4 Å². The molecule has 0 bridgehead atoms. The third kappa shape index (κ3) is 3.59. The van der Waals surface area contributed by atoms with E-state index in [1.165, 1.54) is 0 Å². The molecule has 0 aliphatic heterocycles. The third-order valence-corrected chi connectivity index (χ3v) is 3.82. The van der Waals surface area contributed by atoms with Crippen LogP contribution in [0.25, 0.3) is 0 Å². The molecular formula is C12H18O3S. The summed E-state index contributed by atoms with van der Waals surface area (Å²) in [5, 5.41) is 8.95. The van der Waals surface area contributed by atoms with E-state index in [0.717, 1.165) is 22.8 Å². The maximum atomic E-state index is 10.9. The molecule has 0 radical (unpaired) electrons. The number of carboxylic acid groups (broad SMARTS) is 1. The summed E-state index contributed by atoms with van der Waals surface area (Å²) in [6, 6.07) is 1.95. The van der Waals surface area contributed by atoms with Gasteiger partial charge in [0.25, 0.3) is 0 Å². The molecule has 0 aliphatic carbocycles. The van der Waals surface area contributed by atoms with Gasteiger partial charge in [-0.2, -0.15) is 0 Å². The largest absolute Gasteiger partial charge is 0.481 e. The predicted molar refractivity (Wildman–Crippen MR) is 64.8 cm³/mol. The van der Waals surface area contributed by atoms with Crippen molar-refractivity contribution in [3.8, 4) is 0 Å². The Morgan fingerprint density at radius 2 is 2.25 bits per heavy atom. The number of hydrogen-bond donors (Lipinski definition) is 1. The number of rotatable bonds is 6. The highest BCUT2D eigenvalue weighted by molar-refractivity contribution is 7.99. The molecule has 90 valence electrons. The SMILES string of the molecule is Cc1occc1SCCCC(C)(C)C(=O)O. The Hall–Kier alpha value is -0.900. The Balaban J connectivity index is 2.27. The normalized spacial score (nSPS) is 11.7. The number of aliphatic carboxylic acids is 1. The van der Waals surface area contributed by atoms with E-state index in [9.17, 15) is 4.79 Å². The second-order valence-electron chi connectivity index (χ2n) is 4.48. The van der Waals surface area contributed by atoms with Crippen LogP contribution in [-0.2, 0) is 4.79 Å². The summed E-state index contributed by atoms with van der Waals surface area (Å²) in [6.07, 6.45) is 3.28. The molecule has 0 saturated heterocycles. The molecule has 16 heavy (non-hydrogen) atoms. The third-order valence-electron chi connectivity index (χ3n) is 2.59. The predicted octanol–water partition coefficient (Wildman–Crippen LogP) is 3.57. The molecule has 4 heteroatoms. The fraction of sp³-hybridized carbons (Fsp3) is 0.583. The van der Waals surface area contributed by atoms with Crippen molar-refractivity contribution in [3.05, 3.63) is 18.1 Å². The summed E-state index contributed by atoms with van der Waals surface area (Å²) in [6.45, 7) is 5.47. The van der Waals surface area contributed by atoms with Crippen LogP contribution in [0.5, 0.6) is 0 Å². The van der Waals surface area contributed by atoms with Crippen LogP contribution in [-0.4, -0.2) is 16.8 Å². The molecule has 0 atom stereocenters. The first-order valence-corrected chi connectivity index (χ1v) is 6.32. The zero-order valence-electron chi connectivity index (χ0n) is 9.95. The molecule has 1 rings (SSSR count). The second-order valence-corrected chi connectivity index (χ2v) is 5.62. The van der Waals surface area contributed by atoms with E-state index in [1.54, 1.807) is 31.9 Å². The quantitative estimate of drug-likeness (QED) is 0.612. The second kappa shape index (κ2) is 5.43. The number of hydrogen-bond acceptors (Lipinski definition) is 3. The van der Waals surface area contributed by atoms with Gasteiger partial charge < -0.3 is 9.52 Å². The van der Waals surface area contributed by atoms with E-state index in [-0.39, 0.29) is 0 Å². The zero-order valence-corrected chi connectivity index (χ0v) is 10.8. The lowest BCUT2D eigenvalue weighted by atomic mass is 9.88. The molecule has 0 fully saturated rings. The Morgan fingerprint density at radius 1 is 1.56 bits per heavy atom. The van der Waals surface area contributed by atoms with Gasteiger partial charge in [-0.1, -0.05) is 0 Å². The highest BCUT2D eigenvalue weighted by Crippen LogP contribution is 2.27. The van der Waals surface area contributed by atoms with Gasteiger partial charge in [0.2, 0.25) is 0 Å². The van der Waals surface area contributed by atoms with E-state index < -0.39 is 11.4 Å². The van der Waals surface area contributed by atoms with Gasteiger partial charge in [-0.25, -0.2) is 0 Å². The number of carboxylic acids is 1. The first kappa shape index (κ1) is 13.2. The average Bonchev–Trinajstić information content (AvgIpc) is 2.59. The summed E-state index contributed by atoms with van der Waals surface area (Å²) in [5.41, 5.74) is -0.619. The van der Waals surface area contributed by atoms with Gasteiger partial charge in [0.05, 0.1) is 11.7 Å². The lowest BCUT2D eigenvalue weighted by Crippen LogP contribution is -2.23. The Bertz CT molecular complexity index is 355. The highest BCUT2D eigenvalue weighted by Gasteiger charge is 2.26. The molecule has 1 aromatic rings. The molecule has 1 heterocycles. The Kier molecular flexibility index (Phi) is 4.47. The van der Waals surface area contributed by atoms with Gasteiger partial charge in [-0.15, -0.1) is 11.8 Å². The Labute approximate surface area is 100 Å². The topological polar surface area (TPSA) is 50.4 Å². The summed E-state index contributed by atoms with van der Waals surface area (Å²) in [7, 11) is 0. The van der Waals surface area contributed by atoms with E-state index in [0.29, 0.717) is 6.42 Å². The molecular weight excluding hydrogens is 224 g/mol. The summed E-state index contributed by atoms with van der Waals surface area (Å²) in [5.74, 6) is 1.14. The van der Waals surface area contributed by atoms with E-state index in [2.05, 4.69) is 0 Å². The van der Waals surface area contributed by atoms with Crippen molar-refractivity contribution in [1.82, 2.24) is 0 Å². The molecule has 3 nitrogen and oxygen atoms in total. The average molecular weight is 242 g/mol. The number of furan rings is 1. The van der Waals surface area contributed by atoms with Crippen molar-refractivity contribution < 1.29 is 14.3 Å². The van der Waals surface area contributed by atoms with Crippen molar-refractivity contribution in [2.75, 3.05) is 5.75 Å². The lowest BCUT2D eigenvalue weighted by molar-refractivity contribution is -0.147. The minimum absolute atomic E-state index is 0.619. The lowest BCUT2D eigenvalue weighted by Gasteiger charge is -2.18. The number of aryl methyl sites for hydroxylation is 1. The van der Waals surface area contributed by atoms with Gasteiger partial charge in [0.1, 0.15) is 5.76 Å². The van der Waals surface area contributed by atoms with Crippen molar-refractivity contribution in [1.29, 1.82) is 0 Å². The number of carbonyl (C=O) groups is 1. The van der Waals surface area contributed by atoms with Crippen LogP contribution in [0, 0.1) is 12.3 Å². The van der Waals surface area contributed by atoms with Crippen LogP contribution >= 0.6 is 11.8 Å². The van der Waals surface area contributed by atoms with Gasteiger partial charge >= 0.3 is 5.97 Å². The molecule has 0 saturated carbocycles. The minimum Gasteiger partial charge on any atom is -0.481 e. The maximum Gasteiger partial charge on any atom is 0.309 e. The summed E-state index contributed by atoms with van der Waals surface area (Å²) < 4.78 is 5.19. The molecule has 0 aromatic carbocycles. The smallest absolute Gasteiger partial charge is 0.309 e. The highest BCUT2D eigenvalue weighted by atomic mass is 32.2. The molecule has 0 spiro atoms. The van der Waals surface area contributed by atoms with Gasteiger partial charge in [0, 0.05) is 4.90 Å². The van der Waals surface area contributed by atoms with Crippen LogP contribution in [0.3, 0.4) is 0 Å². The fourth-order valence-corrected chi connectivity index (χ4v) is 2.24. The standard InChI is InChI=1S/C12H18O3S/c1-9-10(5-7-15-9)16-8-4-6-12(2,3)11(13)14/h5,7H,4,6,8H2,1-3H3,(H,13,14).